The lowest BCUT2D eigenvalue weighted by Crippen LogP contribution is -2.53. The Morgan fingerprint density at radius 2 is 2.00 bits per heavy atom. The van der Waals surface area contributed by atoms with Gasteiger partial charge in [0.2, 0.25) is 0 Å². The summed E-state index contributed by atoms with van der Waals surface area (Å²) in [6.45, 7) is 8.47. The Morgan fingerprint density at radius 3 is 2.67 bits per heavy atom. The van der Waals surface area contributed by atoms with E-state index in [1.807, 2.05) is 0 Å². The van der Waals surface area contributed by atoms with Crippen molar-refractivity contribution < 1.29 is 19.1 Å². The van der Waals surface area contributed by atoms with Gasteiger partial charge in [-0.25, -0.2) is 4.79 Å². The molecule has 4 heteroatoms. The molecule has 1 aliphatic heterocycles. The fourth-order valence-electron chi connectivity index (χ4n) is 5.20. The lowest BCUT2D eigenvalue weighted by Gasteiger charge is -2.55. The first kappa shape index (κ1) is 14.6. The first-order valence-electron chi connectivity index (χ1n) is 7.82. The summed E-state index contributed by atoms with van der Waals surface area (Å²) in [5, 5.41) is 0. The smallest absolute Gasteiger partial charge is 0.334 e. The summed E-state index contributed by atoms with van der Waals surface area (Å²) in [6, 6.07) is 0. The van der Waals surface area contributed by atoms with Crippen molar-refractivity contribution in [2.45, 2.75) is 59.5 Å². The number of carbonyl (C=O) groups is 2. The molecule has 1 fully saturated rings. The molecule has 2 aliphatic carbocycles. The van der Waals surface area contributed by atoms with E-state index in [4.69, 9.17) is 9.47 Å². The first-order valence-corrected chi connectivity index (χ1v) is 7.82. The van der Waals surface area contributed by atoms with Crippen LogP contribution in [0, 0.1) is 16.7 Å². The first-order chi connectivity index (χ1) is 9.75. The maximum Gasteiger partial charge on any atom is 0.334 e. The maximum atomic E-state index is 12.2. The number of rotatable bonds is 1. The average Bonchev–Trinajstić information content (AvgIpc) is 2.69. The minimum atomic E-state index is -0.238. The van der Waals surface area contributed by atoms with Crippen molar-refractivity contribution in [3.63, 3.8) is 0 Å². The van der Waals surface area contributed by atoms with E-state index in [0.717, 1.165) is 30.4 Å². The van der Waals surface area contributed by atoms with Gasteiger partial charge in [-0.1, -0.05) is 27.2 Å². The normalized spacial score (nSPS) is 37.6. The van der Waals surface area contributed by atoms with Gasteiger partial charge in [0.25, 0.3) is 0 Å². The molecular weight excluding hydrogens is 268 g/mol. The fraction of sp³-hybridized carbons (Fsp3) is 0.765. The van der Waals surface area contributed by atoms with Gasteiger partial charge in [-0.05, 0) is 23.8 Å². The molecule has 0 spiro atoms. The van der Waals surface area contributed by atoms with Crippen molar-refractivity contribution >= 4 is 11.9 Å². The van der Waals surface area contributed by atoms with E-state index in [1.165, 1.54) is 6.92 Å². The van der Waals surface area contributed by atoms with Gasteiger partial charge in [0.05, 0.1) is 0 Å². The van der Waals surface area contributed by atoms with E-state index in [1.54, 1.807) is 0 Å². The fourth-order valence-corrected chi connectivity index (χ4v) is 5.20. The van der Waals surface area contributed by atoms with E-state index in [-0.39, 0.29) is 34.8 Å². The van der Waals surface area contributed by atoms with Crippen LogP contribution in [0.1, 0.15) is 53.4 Å². The molecule has 116 valence electrons. The molecule has 4 nitrogen and oxygen atoms in total. The van der Waals surface area contributed by atoms with Crippen molar-refractivity contribution in [2.24, 2.45) is 16.7 Å². The lowest BCUT2D eigenvalue weighted by atomic mass is 9.49. The molecular formula is C17H24O4. The molecule has 0 unspecified atom stereocenters. The van der Waals surface area contributed by atoms with Crippen LogP contribution in [0.4, 0.5) is 0 Å². The van der Waals surface area contributed by atoms with Crippen LogP contribution in [-0.4, -0.2) is 24.6 Å². The molecule has 0 aromatic carbocycles. The van der Waals surface area contributed by atoms with Crippen LogP contribution in [0.2, 0.25) is 0 Å². The molecule has 0 aromatic heterocycles. The molecule has 3 aliphatic rings. The van der Waals surface area contributed by atoms with Gasteiger partial charge in [-0.3, -0.25) is 4.79 Å². The molecule has 0 aromatic rings. The number of hydrogen-bond donors (Lipinski definition) is 0. The molecule has 3 atom stereocenters. The zero-order chi connectivity index (χ0) is 15.4. The highest BCUT2D eigenvalue weighted by Gasteiger charge is 2.58. The highest BCUT2D eigenvalue weighted by Crippen LogP contribution is 2.61. The number of cyclic esters (lactones) is 1. The van der Waals surface area contributed by atoms with Crippen LogP contribution < -0.4 is 0 Å². The third-order valence-corrected chi connectivity index (χ3v) is 5.69. The van der Waals surface area contributed by atoms with Gasteiger partial charge in [0.15, 0.2) is 0 Å². The second-order valence-corrected chi connectivity index (χ2v) is 7.64. The molecule has 3 rings (SSSR count). The third kappa shape index (κ3) is 2.11. The minimum absolute atomic E-state index is 0.0501. The van der Waals surface area contributed by atoms with E-state index in [0.29, 0.717) is 13.0 Å². The Balaban J connectivity index is 2.09. The summed E-state index contributed by atoms with van der Waals surface area (Å²) in [7, 11) is 0. The number of ether oxygens (including phenoxy) is 2. The Kier molecular flexibility index (Phi) is 3.19. The van der Waals surface area contributed by atoms with Gasteiger partial charge in [-0.2, -0.15) is 0 Å². The van der Waals surface area contributed by atoms with E-state index in [2.05, 4.69) is 20.8 Å². The summed E-state index contributed by atoms with van der Waals surface area (Å²) in [6.07, 6.45) is 3.66. The third-order valence-electron chi connectivity index (χ3n) is 5.69. The molecule has 1 saturated carbocycles. The SMILES string of the molecule is CC(=O)O[C@@H]1CC2=C(C(=O)OC2)[C@@]2(C)CCCC(C)(C)[C@H]12. The van der Waals surface area contributed by atoms with Crippen LogP contribution in [0.3, 0.4) is 0 Å². The Hall–Kier alpha value is -1.32. The summed E-state index contributed by atoms with van der Waals surface area (Å²) in [5.41, 5.74) is 1.74. The highest BCUT2D eigenvalue weighted by atomic mass is 16.5. The quantitative estimate of drug-likeness (QED) is 0.697. The van der Waals surface area contributed by atoms with Gasteiger partial charge < -0.3 is 9.47 Å². The van der Waals surface area contributed by atoms with Crippen LogP contribution in [-0.2, 0) is 19.1 Å². The van der Waals surface area contributed by atoms with E-state index < -0.39 is 0 Å². The predicted octanol–water partition coefficient (Wildman–Crippen LogP) is 3.01. The number of esters is 2. The molecule has 0 amide bonds. The number of hydrogen-bond acceptors (Lipinski definition) is 4. The summed E-state index contributed by atoms with van der Waals surface area (Å²) >= 11 is 0. The summed E-state index contributed by atoms with van der Waals surface area (Å²) in [5.74, 6) is -0.221. The second kappa shape index (κ2) is 4.59. The predicted molar refractivity (Wildman–Crippen MR) is 77.4 cm³/mol. The molecule has 0 N–H and O–H groups in total. The Morgan fingerprint density at radius 1 is 1.29 bits per heavy atom. The van der Waals surface area contributed by atoms with Crippen molar-refractivity contribution in [2.75, 3.05) is 6.61 Å². The highest BCUT2D eigenvalue weighted by molar-refractivity contribution is 5.93. The number of carbonyl (C=O) groups excluding carboxylic acids is 2. The van der Waals surface area contributed by atoms with Gasteiger partial charge in [0, 0.05) is 30.3 Å². The Labute approximate surface area is 125 Å². The van der Waals surface area contributed by atoms with Crippen LogP contribution >= 0.6 is 0 Å². The van der Waals surface area contributed by atoms with Crippen molar-refractivity contribution in [3.8, 4) is 0 Å². The van der Waals surface area contributed by atoms with Gasteiger partial charge in [-0.15, -0.1) is 0 Å². The van der Waals surface area contributed by atoms with E-state index in [9.17, 15) is 9.59 Å². The number of fused-ring (bicyclic) bond motifs is 2. The van der Waals surface area contributed by atoms with Crippen molar-refractivity contribution in [1.82, 2.24) is 0 Å². The van der Waals surface area contributed by atoms with Crippen LogP contribution in [0.15, 0.2) is 11.1 Å². The molecule has 0 saturated heterocycles. The Bertz CT molecular complexity index is 531. The largest absolute Gasteiger partial charge is 0.462 e. The van der Waals surface area contributed by atoms with Crippen molar-refractivity contribution in [3.05, 3.63) is 11.1 Å². The van der Waals surface area contributed by atoms with Gasteiger partial charge >= 0.3 is 11.9 Å². The molecule has 1 heterocycles. The second-order valence-electron chi connectivity index (χ2n) is 7.64. The summed E-state index contributed by atoms with van der Waals surface area (Å²) < 4.78 is 10.9. The summed E-state index contributed by atoms with van der Waals surface area (Å²) in [4.78, 5) is 23.7. The van der Waals surface area contributed by atoms with E-state index >= 15 is 0 Å². The molecule has 21 heavy (non-hydrogen) atoms. The molecule has 0 bridgehead atoms. The van der Waals surface area contributed by atoms with Gasteiger partial charge in [0.1, 0.15) is 12.7 Å². The van der Waals surface area contributed by atoms with Crippen molar-refractivity contribution in [1.29, 1.82) is 0 Å². The topological polar surface area (TPSA) is 52.6 Å². The zero-order valence-electron chi connectivity index (χ0n) is 13.3. The molecule has 0 radical (unpaired) electrons. The van der Waals surface area contributed by atoms with Crippen LogP contribution in [0.5, 0.6) is 0 Å². The zero-order valence-corrected chi connectivity index (χ0v) is 13.3. The van der Waals surface area contributed by atoms with Crippen LogP contribution in [0.25, 0.3) is 0 Å². The maximum absolute atomic E-state index is 12.2. The monoisotopic (exact) mass is 292 g/mol. The minimum Gasteiger partial charge on any atom is -0.462 e. The average molecular weight is 292 g/mol. The standard InChI is InChI=1S/C17H24O4/c1-10(18)21-12-8-11-9-20-15(19)13(11)17(4)7-5-6-16(2,3)14(12)17/h12,14H,5-9H2,1-4H3/t12-,14+,17-/m1/s1. The lowest BCUT2D eigenvalue weighted by molar-refractivity contribution is -0.160.